The predicted octanol–water partition coefficient (Wildman–Crippen LogP) is 2.98. The number of carbonyl (C=O) groups is 1. The lowest BCUT2D eigenvalue weighted by molar-refractivity contribution is -0.128. The van der Waals surface area contributed by atoms with E-state index in [0.29, 0.717) is 6.42 Å². The van der Waals surface area contributed by atoms with Crippen molar-refractivity contribution < 1.29 is 9.53 Å². The average Bonchev–Trinajstić information content (AvgIpc) is 2.58. The van der Waals surface area contributed by atoms with Crippen LogP contribution in [0.25, 0.3) is 0 Å². The minimum absolute atomic E-state index is 0.0350. The molecule has 1 heterocycles. The maximum atomic E-state index is 11.8. The number of carbonyl (C=O) groups excluding carboxylic acids is 1. The van der Waals surface area contributed by atoms with Crippen molar-refractivity contribution in [1.82, 2.24) is 0 Å². The van der Waals surface area contributed by atoms with E-state index in [-0.39, 0.29) is 17.8 Å². The Labute approximate surface area is 97.8 Å². The summed E-state index contributed by atoms with van der Waals surface area (Å²) in [5.74, 6) is 1.05. The van der Waals surface area contributed by atoms with Crippen LogP contribution in [0, 0.1) is 5.92 Å². The molecule has 0 bridgehead atoms. The van der Waals surface area contributed by atoms with Crippen molar-refractivity contribution in [2.75, 3.05) is 0 Å². The van der Waals surface area contributed by atoms with Gasteiger partial charge in [-0.2, -0.15) is 0 Å². The molecule has 0 aliphatic carbocycles. The Kier molecular flexibility index (Phi) is 2.83. The van der Waals surface area contributed by atoms with Crippen molar-refractivity contribution in [3.8, 4) is 5.75 Å². The molecule has 2 rings (SSSR count). The summed E-state index contributed by atoms with van der Waals surface area (Å²) in [7, 11) is 0. The number of halogens is 1. The predicted molar refractivity (Wildman–Crippen MR) is 62.1 cm³/mol. The van der Waals surface area contributed by atoms with Crippen LogP contribution in [0.4, 0.5) is 0 Å². The fraction of sp³-hybridized carbons (Fsp3) is 0.417. The second-order valence-electron chi connectivity index (χ2n) is 4.12. The van der Waals surface area contributed by atoms with Crippen LogP contribution in [0.15, 0.2) is 22.7 Å². The highest BCUT2D eigenvalue weighted by molar-refractivity contribution is 9.10. The van der Waals surface area contributed by atoms with Crippen LogP contribution in [0.3, 0.4) is 0 Å². The van der Waals surface area contributed by atoms with E-state index in [4.69, 9.17) is 4.74 Å². The molecule has 2 nitrogen and oxygen atoms in total. The molecule has 1 unspecified atom stereocenters. The van der Waals surface area contributed by atoms with Gasteiger partial charge < -0.3 is 4.74 Å². The molecule has 1 aliphatic rings. The van der Waals surface area contributed by atoms with Gasteiger partial charge in [-0.15, -0.1) is 0 Å². The van der Waals surface area contributed by atoms with Crippen molar-refractivity contribution in [3.63, 3.8) is 0 Å². The van der Waals surface area contributed by atoms with Crippen LogP contribution in [0.1, 0.15) is 19.4 Å². The molecule has 80 valence electrons. The molecule has 0 radical (unpaired) electrons. The van der Waals surface area contributed by atoms with Gasteiger partial charge in [0.25, 0.3) is 0 Å². The summed E-state index contributed by atoms with van der Waals surface area (Å²) in [6.45, 7) is 3.81. The van der Waals surface area contributed by atoms with E-state index in [1.165, 1.54) is 0 Å². The standard InChI is InChI=1S/C12H13BrO2/c1-7(2)12(14)11-5-8-3-4-9(13)6-10(8)15-11/h3-4,6-7,11H,5H2,1-2H3. The Morgan fingerprint density at radius 1 is 1.53 bits per heavy atom. The third-order valence-corrected chi connectivity index (χ3v) is 3.08. The molecule has 0 N–H and O–H groups in total. The van der Waals surface area contributed by atoms with Crippen LogP contribution < -0.4 is 4.74 Å². The number of benzene rings is 1. The molecule has 1 aromatic carbocycles. The van der Waals surface area contributed by atoms with Gasteiger partial charge in [0.15, 0.2) is 11.9 Å². The Morgan fingerprint density at radius 2 is 2.27 bits per heavy atom. The number of rotatable bonds is 2. The van der Waals surface area contributed by atoms with Crippen molar-refractivity contribution in [1.29, 1.82) is 0 Å². The summed E-state index contributed by atoms with van der Waals surface area (Å²) in [5.41, 5.74) is 1.12. The molecule has 0 fully saturated rings. The van der Waals surface area contributed by atoms with Gasteiger partial charge in [-0.05, 0) is 17.7 Å². The maximum Gasteiger partial charge on any atom is 0.176 e. The number of hydrogen-bond acceptors (Lipinski definition) is 2. The first-order chi connectivity index (χ1) is 7.08. The SMILES string of the molecule is CC(C)C(=O)C1Cc2ccc(Br)cc2O1. The first-order valence-corrected chi connectivity index (χ1v) is 5.86. The molecule has 1 aliphatic heterocycles. The quantitative estimate of drug-likeness (QED) is 0.825. The Hall–Kier alpha value is -0.830. The lowest BCUT2D eigenvalue weighted by Crippen LogP contribution is -2.29. The maximum absolute atomic E-state index is 11.8. The van der Waals surface area contributed by atoms with Crippen molar-refractivity contribution in [3.05, 3.63) is 28.2 Å². The summed E-state index contributed by atoms with van der Waals surface area (Å²) in [6, 6.07) is 5.90. The Bertz CT molecular complexity index is 399. The van der Waals surface area contributed by atoms with Crippen LogP contribution in [0.2, 0.25) is 0 Å². The number of Topliss-reactive ketones (excluding diaryl/α,β-unsaturated/α-hetero) is 1. The number of hydrogen-bond donors (Lipinski definition) is 0. The molecule has 3 heteroatoms. The lowest BCUT2D eigenvalue weighted by atomic mass is 10.0. The number of ketones is 1. The minimum Gasteiger partial charge on any atom is -0.482 e. The van der Waals surface area contributed by atoms with Gasteiger partial charge in [0.2, 0.25) is 0 Å². The van der Waals surface area contributed by atoms with Crippen LogP contribution in [-0.2, 0) is 11.2 Å². The second kappa shape index (κ2) is 3.97. The molecular weight excluding hydrogens is 256 g/mol. The van der Waals surface area contributed by atoms with Gasteiger partial charge in [-0.1, -0.05) is 35.8 Å². The molecule has 0 saturated carbocycles. The van der Waals surface area contributed by atoms with Gasteiger partial charge in [0.05, 0.1) is 0 Å². The van der Waals surface area contributed by atoms with Gasteiger partial charge >= 0.3 is 0 Å². The van der Waals surface area contributed by atoms with Crippen molar-refractivity contribution in [2.45, 2.75) is 26.4 Å². The van der Waals surface area contributed by atoms with Crippen LogP contribution in [0.5, 0.6) is 5.75 Å². The lowest BCUT2D eigenvalue weighted by Gasteiger charge is -2.11. The first kappa shape index (κ1) is 10.7. The van der Waals surface area contributed by atoms with Gasteiger partial charge in [-0.25, -0.2) is 0 Å². The molecule has 15 heavy (non-hydrogen) atoms. The van der Waals surface area contributed by atoms with Crippen molar-refractivity contribution in [2.24, 2.45) is 5.92 Å². The average molecular weight is 269 g/mol. The van der Waals surface area contributed by atoms with E-state index in [9.17, 15) is 4.79 Å². The zero-order chi connectivity index (χ0) is 11.0. The second-order valence-corrected chi connectivity index (χ2v) is 5.04. The van der Waals surface area contributed by atoms with E-state index in [1.807, 2.05) is 32.0 Å². The zero-order valence-electron chi connectivity index (χ0n) is 8.79. The third kappa shape index (κ3) is 2.07. The molecule has 1 aromatic rings. The van der Waals surface area contributed by atoms with Gasteiger partial charge in [0.1, 0.15) is 5.75 Å². The van der Waals surface area contributed by atoms with E-state index in [2.05, 4.69) is 15.9 Å². The van der Waals surface area contributed by atoms with Crippen LogP contribution >= 0.6 is 15.9 Å². The van der Waals surface area contributed by atoms with Crippen LogP contribution in [-0.4, -0.2) is 11.9 Å². The molecule has 0 amide bonds. The minimum atomic E-state index is -0.283. The Balaban J connectivity index is 2.19. The first-order valence-electron chi connectivity index (χ1n) is 5.06. The molecule has 0 spiro atoms. The summed E-state index contributed by atoms with van der Waals surface area (Å²) in [6.07, 6.45) is 0.425. The summed E-state index contributed by atoms with van der Waals surface area (Å²) in [4.78, 5) is 11.8. The molecular formula is C12H13BrO2. The fourth-order valence-corrected chi connectivity index (χ4v) is 2.07. The van der Waals surface area contributed by atoms with E-state index in [0.717, 1.165) is 15.8 Å². The summed E-state index contributed by atoms with van der Waals surface area (Å²) < 4.78 is 6.62. The highest BCUT2D eigenvalue weighted by Crippen LogP contribution is 2.32. The monoisotopic (exact) mass is 268 g/mol. The van der Waals surface area contributed by atoms with E-state index in [1.54, 1.807) is 0 Å². The topological polar surface area (TPSA) is 26.3 Å². The smallest absolute Gasteiger partial charge is 0.176 e. The molecule has 0 saturated heterocycles. The molecule has 0 aromatic heterocycles. The highest BCUT2D eigenvalue weighted by Gasteiger charge is 2.30. The number of ether oxygens (including phenoxy) is 1. The fourth-order valence-electron chi connectivity index (χ4n) is 1.73. The summed E-state index contributed by atoms with van der Waals surface area (Å²) >= 11 is 3.39. The zero-order valence-corrected chi connectivity index (χ0v) is 10.4. The normalized spacial score (nSPS) is 18.8. The van der Waals surface area contributed by atoms with Crippen molar-refractivity contribution >= 4 is 21.7 Å². The number of fused-ring (bicyclic) bond motifs is 1. The largest absolute Gasteiger partial charge is 0.482 e. The third-order valence-electron chi connectivity index (χ3n) is 2.59. The summed E-state index contributed by atoms with van der Waals surface area (Å²) in [5, 5.41) is 0. The van der Waals surface area contributed by atoms with E-state index < -0.39 is 0 Å². The molecule has 1 atom stereocenters. The van der Waals surface area contributed by atoms with Gasteiger partial charge in [-0.3, -0.25) is 4.79 Å². The van der Waals surface area contributed by atoms with Gasteiger partial charge in [0, 0.05) is 16.8 Å². The Morgan fingerprint density at radius 3 is 2.93 bits per heavy atom. The highest BCUT2D eigenvalue weighted by atomic mass is 79.9. The van der Waals surface area contributed by atoms with E-state index >= 15 is 0 Å².